The minimum atomic E-state index is -1.32. The second kappa shape index (κ2) is 6.69. The summed E-state index contributed by atoms with van der Waals surface area (Å²) in [4.78, 5) is 15.9. The first-order valence-electron chi connectivity index (χ1n) is 6.61. The van der Waals surface area contributed by atoms with Gasteiger partial charge in [-0.25, -0.2) is 9.78 Å². The van der Waals surface area contributed by atoms with Gasteiger partial charge in [0.1, 0.15) is 5.15 Å². The first kappa shape index (κ1) is 16.8. The van der Waals surface area contributed by atoms with Crippen LogP contribution in [0, 0.1) is 5.41 Å². The predicted molar refractivity (Wildman–Crippen MR) is 84.1 cm³/mol. The van der Waals surface area contributed by atoms with Gasteiger partial charge in [-0.2, -0.15) is 0 Å². The van der Waals surface area contributed by atoms with Crippen LogP contribution in [-0.2, 0) is 11.3 Å². The molecule has 118 valence electrons. The van der Waals surface area contributed by atoms with Crippen molar-refractivity contribution in [2.45, 2.75) is 26.5 Å². The highest BCUT2D eigenvalue weighted by atomic mass is 35.5. The smallest absolute Gasteiger partial charge is 0.342 e. The molecule has 0 bridgehead atoms. The van der Waals surface area contributed by atoms with Crippen molar-refractivity contribution in [3.8, 4) is 5.88 Å². The van der Waals surface area contributed by atoms with Crippen LogP contribution in [0.15, 0.2) is 36.7 Å². The Morgan fingerprint density at radius 2 is 2.00 bits per heavy atom. The molecule has 5 nitrogen and oxygen atoms in total. The highest BCUT2D eigenvalue weighted by Gasteiger charge is 2.35. The fourth-order valence-electron chi connectivity index (χ4n) is 2.01. The number of aromatic nitrogens is 2. The minimum absolute atomic E-state index is 0.0432. The van der Waals surface area contributed by atoms with Crippen molar-refractivity contribution in [1.29, 1.82) is 0 Å². The number of aliphatic hydroxyl groups is 1. The van der Waals surface area contributed by atoms with Crippen LogP contribution in [0.2, 0.25) is 10.2 Å². The number of carbonyl (C=O) groups excluding carboxylic acids is 1. The normalized spacial score (nSPS) is 13.0. The lowest BCUT2D eigenvalue weighted by Gasteiger charge is -2.29. The maximum absolute atomic E-state index is 12.1. The van der Waals surface area contributed by atoms with E-state index in [9.17, 15) is 9.90 Å². The molecule has 2 heterocycles. The molecule has 0 saturated heterocycles. The molecule has 0 amide bonds. The first-order chi connectivity index (χ1) is 10.3. The third-order valence-corrected chi connectivity index (χ3v) is 3.57. The van der Waals surface area contributed by atoms with Gasteiger partial charge in [0.25, 0.3) is 0 Å². The fraction of sp³-hybridized carbons (Fsp3) is 0.333. The molecule has 22 heavy (non-hydrogen) atoms. The van der Waals surface area contributed by atoms with E-state index in [2.05, 4.69) is 4.98 Å². The molecule has 0 spiro atoms. The van der Waals surface area contributed by atoms with E-state index >= 15 is 0 Å². The van der Waals surface area contributed by atoms with Crippen LogP contribution in [0.5, 0.6) is 5.88 Å². The summed E-state index contributed by atoms with van der Waals surface area (Å²) < 4.78 is 6.95. The highest BCUT2D eigenvalue weighted by Crippen LogP contribution is 2.26. The van der Waals surface area contributed by atoms with Crippen molar-refractivity contribution >= 4 is 29.2 Å². The number of rotatable bonds is 5. The first-order valence-corrected chi connectivity index (χ1v) is 7.37. The van der Waals surface area contributed by atoms with Crippen molar-refractivity contribution in [3.05, 3.63) is 46.8 Å². The monoisotopic (exact) mass is 342 g/mol. The standard InChI is InChI=1S/C15H16Cl2N2O3/c1-15(2,9-19-5-3-4-6-19)13(20)14(21)22-12-8-10(16)7-11(17)18-12/h3-8,13,20H,9H2,1-2H3. The second-order valence-electron chi connectivity index (χ2n) is 5.61. The van der Waals surface area contributed by atoms with Crippen LogP contribution in [0.1, 0.15) is 13.8 Å². The molecule has 0 aliphatic heterocycles. The Balaban J connectivity index is 2.07. The largest absolute Gasteiger partial charge is 0.405 e. The number of aliphatic hydroxyl groups excluding tert-OH is 1. The number of halogens is 2. The Bertz CT molecular complexity index is 637. The average molecular weight is 343 g/mol. The number of esters is 1. The maximum Gasteiger partial charge on any atom is 0.342 e. The average Bonchev–Trinajstić information content (AvgIpc) is 2.88. The van der Waals surface area contributed by atoms with Gasteiger partial charge in [-0.1, -0.05) is 37.0 Å². The molecule has 2 aromatic rings. The Morgan fingerprint density at radius 1 is 1.36 bits per heavy atom. The third-order valence-electron chi connectivity index (χ3n) is 3.16. The van der Waals surface area contributed by atoms with Crippen molar-refractivity contribution in [1.82, 2.24) is 9.55 Å². The van der Waals surface area contributed by atoms with E-state index in [-0.39, 0.29) is 11.0 Å². The minimum Gasteiger partial charge on any atom is -0.405 e. The van der Waals surface area contributed by atoms with Crippen LogP contribution in [0.3, 0.4) is 0 Å². The highest BCUT2D eigenvalue weighted by molar-refractivity contribution is 6.34. The Labute approximate surface area is 138 Å². The van der Waals surface area contributed by atoms with Gasteiger partial charge in [0.2, 0.25) is 5.88 Å². The predicted octanol–water partition coefficient (Wildman–Crippen LogP) is 3.18. The molecule has 0 radical (unpaired) electrons. The number of pyridine rings is 1. The van der Waals surface area contributed by atoms with Crippen molar-refractivity contribution in [2.75, 3.05) is 0 Å². The Hall–Kier alpha value is -1.56. The zero-order chi connectivity index (χ0) is 16.3. The van der Waals surface area contributed by atoms with Crippen LogP contribution in [0.25, 0.3) is 0 Å². The molecular weight excluding hydrogens is 327 g/mol. The number of hydrogen-bond donors (Lipinski definition) is 1. The molecule has 0 fully saturated rings. The molecule has 2 rings (SSSR count). The van der Waals surface area contributed by atoms with Gasteiger partial charge in [-0.3, -0.25) is 0 Å². The fourth-order valence-corrected chi connectivity index (χ4v) is 2.46. The summed E-state index contributed by atoms with van der Waals surface area (Å²) in [5, 5.41) is 10.7. The molecule has 1 unspecified atom stereocenters. The van der Waals surface area contributed by atoms with E-state index in [1.807, 2.05) is 29.1 Å². The molecule has 7 heteroatoms. The molecule has 0 aliphatic rings. The quantitative estimate of drug-likeness (QED) is 0.669. The zero-order valence-electron chi connectivity index (χ0n) is 12.2. The summed E-state index contributed by atoms with van der Waals surface area (Å²) in [6.07, 6.45) is 2.39. The topological polar surface area (TPSA) is 64.4 Å². The van der Waals surface area contributed by atoms with E-state index in [0.717, 1.165) is 0 Å². The Kier molecular flexibility index (Phi) is 5.11. The van der Waals surface area contributed by atoms with Crippen molar-refractivity contribution in [3.63, 3.8) is 0 Å². The number of hydrogen-bond acceptors (Lipinski definition) is 4. The summed E-state index contributed by atoms with van der Waals surface area (Å²) in [5.41, 5.74) is -0.724. The van der Waals surface area contributed by atoms with Crippen LogP contribution < -0.4 is 4.74 Å². The van der Waals surface area contributed by atoms with Crippen LogP contribution in [0.4, 0.5) is 0 Å². The molecule has 2 aromatic heterocycles. The van der Waals surface area contributed by atoms with Crippen molar-refractivity contribution in [2.24, 2.45) is 5.41 Å². The maximum atomic E-state index is 12.1. The summed E-state index contributed by atoms with van der Waals surface area (Å²) >= 11 is 11.6. The molecule has 1 atom stereocenters. The summed E-state index contributed by atoms with van der Waals surface area (Å²) in [6, 6.07) is 6.53. The molecule has 0 aliphatic carbocycles. The van der Waals surface area contributed by atoms with E-state index < -0.39 is 17.5 Å². The van der Waals surface area contributed by atoms with Gasteiger partial charge < -0.3 is 14.4 Å². The zero-order valence-corrected chi connectivity index (χ0v) is 13.7. The number of carbonyl (C=O) groups is 1. The molecule has 0 saturated carbocycles. The SMILES string of the molecule is CC(C)(Cn1cccc1)C(O)C(=O)Oc1cc(Cl)cc(Cl)n1. The van der Waals surface area contributed by atoms with Crippen molar-refractivity contribution < 1.29 is 14.6 Å². The van der Waals surface area contributed by atoms with E-state index in [1.54, 1.807) is 13.8 Å². The second-order valence-corrected chi connectivity index (χ2v) is 6.44. The molecular formula is C15H16Cl2N2O3. The summed E-state index contributed by atoms with van der Waals surface area (Å²) in [5.74, 6) is -0.846. The summed E-state index contributed by atoms with van der Waals surface area (Å²) in [6.45, 7) is 4.01. The Morgan fingerprint density at radius 3 is 2.59 bits per heavy atom. The van der Waals surface area contributed by atoms with Gasteiger partial charge in [0, 0.05) is 35.4 Å². The lowest BCUT2D eigenvalue weighted by Crippen LogP contribution is -2.41. The molecule has 1 N–H and O–H groups in total. The van der Waals surface area contributed by atoms with E-state index in [4.69, 9.17) is 27.9 Å². The number of nitrogens with zero attached hydrogens (tertiary/aromatic N) is 2. The van der Waals surface area contributed by atoms with Gasteiger partial charge in [0.15, 0.2) is 6.10 Å². The van der Waals surface area contributed by atoms with Gasteiger partial charge >= 0.3 is 5.97 Å². The van der Waals surface area contributed by atoms with E-state index in [0.29, 0.717) is 11.6 Å². The van der Waals surface area contributed by atoms with E-state index in [1.165, 1.54) is 12.1 Å². The van der Waals surface area contributed by atoms with Gasteiger partial charge in [-0.15, -0.1) is 0 Å². The lowest BCUT2D eigenvalue weighted by atomic mass is 9.86. The lowest BCUT2D eigenvalue weighted by molar-refractivity contribution is -0.151. The van der Waals surface area contributed by atoms with Crippen LogP contribution >= 0.6 is 23.2 Å². The number of ether oxygens (including phenoxy) is 1. The van der Waals surface area contributed by atoms with Gasteiger partial charge in [0.05, 0.1) is 0 Å². The third kappa shape index (κ3) is 4.22. The summed E-state index contributed by atoms with van der Waals surface area (Å²) in [7, 11) is 0. The van der Waals surface area contributed by atoms with Crippen LogP contribution in [-0.4, -0.2) is 26.7 Å². The molecule has 0 aromatic carbocycles. The van der Waals surface area contributed by atoms with Gasteiger partial charge in [-0.05, 0) is 18.2 Å².